The minimum absolute atomic E-state index is 0.514. The molecule has 21 heavy (non-hydrogen) atoms. The molecule has 0 saturated carbocycles. The van der Waals surface area contributed by atoms with Gasteiger partial charge in [-0.1, -0.05) is 13.0 Å². The topological polar surface area (TPSA) is 74.6 Å². The Morgan fingerprint density at radius 3 is 2.81 bits per heavy atom. The number of imidazole rings is 1. The van der Waals surface area contributed by atoms with Gasteiger partial charge in [-0.25, -0.2) is 9.67 Å². The maximum atomic E-state index is 6.11. The summed E-state index contributed by atoms with van der Waals surface area (Å²) in [5, 5.41) is 4.51. The Morgan fingerprint density at radius 2 is 2.10 bits per heavy atom. The Bertz CT molecular complexity index is 783. The zero-order valence-electron chi connectivity index (χ0n) is 12.7. The highest BCUT2D eigenvalue weighted by molar-refractivity contribution is 5.77. The maximum absolute atomic E-state index is 6.11. The van der Waals surface area contributed by atoms with Gasteiger partial charge in [0.25, 0.3) is 0 Å². The number of pyridine rings is 1. The van der Waals surface area contributed by atoms with Crippen LogP contribution in [0.5, 0.6) is 0 Å². The highest BCUT2D eigenvalue weighted by Gasteiger charge is 2.17. The summed E-state index contributed by atoms with van der Waals surface area (Å²) in [5.41, 5.74) is 11.1. The van der Waals surface area contributed by atoms with Crippen LogP contribution < -0.4 is 5.73 Å². The minimum atomic E-state index is 0.514. The number of anilines is 1. The lowest BCUT2D eigenvalue weighted by atomic mass is 10.1. The van der Waals surface area contributed by atoms with Gasteiger partial charge in [0.1, 0.15) is 5.52 Å². The molecule has 3 aromatic rings. The molecule has 6 heteroatoms. The van der Waals surface area contributed by atoms with Crippen LogP contribution in [-0.2, 0) is 19.5 Å². The van der Waals surface area contributed by atoms with Gasteiger partial charge in [0, 0.05) is 12.7 Å². The highest BCUT2D eigenvalue weighted by Crippen LogP contribution is 2.22. The van der Waals surface area contributed by atoms with E-state index in [0.29, 0.717) is 12.5 Å². The molecule has 3 rings (SSSR count). The van der Waals surface area contributed by atoms with Crippen molar-refractivity contribution in [3.63, 3.8) is 0 Å². The molecule has 0 aromatic carbocycles. The first kappa shape index (κ1) is 13.6. The average Bonchev–Trinajstić information content (AvgIpc) is 2.98. The van der Waals surface area contributed by atoms with Crippen molar-refractivity contribution in [2.45, 2.75) is 40.3 Å². The largest absolute Gasteiger partial charge is 0.369 e. The molecule has 0 bridgehead atoms. The Balaban J connectivity index is 2.14. The van der Waals surface area contributed by atoms with E-state index in [4.69, 9.17) is 5.73 Å². The summed E-state index contributed by atoms with van der Waals surface area (Å²) in [6.45, 7) is 7.57. The van der Waals surface area contributed by atoms with Crippen molar-refractivity contribution in [3.8, 4) is 0 Å². The predicted molar refractivity (Wildman–Crippen MR) is 83.1 cm³/mol. The number of nitrogens with two attached hydrogens (primary N) is 1. The fourth-order valence-electron chi connectivity index (χ4n) is 2.70. The third-order valence-electron chi connectivity index (χ3n) is 3.80. The van der Waals surface area contributed by atoms with Gasteiger partial charge in [-0.05, 0) is 31.9 Å². The molecule has 2 N–H and O–H groups in total. The van der Waals surface area contributed by atoms with Gasteiger partial charge < -0.3 is 5.73 Å². The molecule has 0 unspecified atom stereocenters. The monoisotopic (exact) mass is 284 g/mol. The van der Waals surface area contributed by atoms with Crippen LogP contribution in [-0.4, -0.2) is 24.3 Å². The summed E-state index contributed by atoms with van der Waals surface area (Å²) >= 11 is 0. The molecule has 6 nitrogen and oxygen atoms in total. The van der Waals surface area contributed by atoms with Crippen LogP contribution in [0, 0.1) is 6.92 Å². The third kappa shape index (κ3) is 2.16. The summed E-state index contributed by atoms with van der Waals surface area (Å²) < 4.78 is 3.95. The van der Waals surface area contributed by atoms with Gasteiger partial charge >= 0.3 is 0 Å². The molecule has 0 radical (unpaired) electrons. The van der Waals surface area contributed by atoms with E-state index in [9.17, 15) is 0 Å². The second kappa shape index (κ2) is 5.20. The SMILES string of the molecule is CCc1cccnc1Cn1c(N)nc2c(C)nn(CC)c21. The Labute approximate surface area is 123 Å². The number of rotatable bonds is 4. The van der Waals surface area contributed by atoms with Gasteiger partial charge in [0.05, 0.1) is 17.9 Å². The highest BCUT2D eigenvalue weighted by atomic mass is 15.4. The van der Waals surface area contributed by atoms with Gasteiger partial charge in [-0.3, -0.25) is 9.55 Å². The Hall–Kier alpha value is -2.37. The zero-order chi connectivity index (χ0) is 15.0. The molecular weight excluding hydrogens is 264 g/mol. The molecule has 0 fully saturated rings. The molecule has 0 aliphatic rings. The molecule has 0 aliphatic carbocycles. The van der Waals surface area contributed by atoms with Crippen LogP contribution in [0.25, 0.3) is 11.2 Å². The van der Waals surface area contributed by atoms with Crippen LogP contribution >= 0.6 is 0 Å². The van der Waals surface area contributed by atoms with Crippen molar-refractivity contribution in [1.29, 1.82) is 0 Å². The summed E-state index contributed by atoms with van der Waals surface area (Å²) in [7, 11) is 0. The van der Waals surface area contributed by atoms with E-state index in [-0.39, 0.29) is 0 Å². The molecular formula is C15H20N6. The third-order valence-corrected chi connectivity index (χ3v) is 3.80. The van der Waals surface area contributed by atoms with E-state index in [2.05, 4.69) is 35.0 Å². The van der Waals surface area contributed by atoms with Crippen LogP contribution in [0.3, 0.4) is 0 Å². The number of nitrogen functional groups attached to an aromatic ring is 1. The van der Waals surface area contributed by atoms with Gasteiger partial charge in [-0.2, -0.15) is 5.10 Å². The maximum Gasteiger partial charge on any atom is 0.202 e. The van der Waals surface area contributed by atoms with E-state index < -0.39 is 0 Å². The summed E-state index contributed by atoms with van der Waals surface area (Å²) in [5.74, 6) is 0.514. The van der Waals surface area contributed by atoms with E-state index >= 15 is 0 Å². The van der Waals surface area contributed by atoms with Crippen LogP contribution in [0.2, 0.25) is 0 Å². The molecule has 0 saturated heterocycles. The average molecular weight is 284 g/mol. The van der Waals surface area contributed by atoms with Crippen molar-refractivity contribution in [1.82, 2.24) is 24.3 Å². The number of hydrogen-bond acceptors (Lipinski definition) is 4. The number of aryl methyl sites for hydroxylation is 3. The standard InChI is InChI=1S/C15H20N6/c1-4-11-7-6-8-17-12(11)9-20-14-13(18-15(20)16)10(3)19-21(14)5-2/h6-8H,4-5,9H2,1-3H3,(H2,16,18). The lowest BCUT2D eigenvalue weighted by molar-refractivity contribution is 0.645. The predicted octanol–water partition coefficient (Wildman–Crippen LogP) is 2.15. The van der Waals surface area contributed by atoms with Gasteiger partial charge in [0.15, 0.2) is 5.65 Å². The lowest BCUT2D eigenvalue weighted by Gasteiger charge is -2.10. The van der Waals surface area contributed by atoms with E-state index in [1.165, 1.54) is 5.56 Å². The normalized spacial score (nSPS) is 11.4. The van der Waals surface area contributed by atoms with Crippen LogP contribution in [0.4, 0.5) is 5.95 Å². The van der Waals surface area contributed by atoms with E-state index in [0.717, 1.165) is 35.5 Å². The molecule has 0 atom stereocenters. The number of fused-ring (bicyclic) bond motifs is 1. The Morgan fingerprint density at radius 1 is 1.29 bits per heavy atom. The first-order chi connectivity index (χ1) is 10.2. The summed E-state index contributed by atoms with van der Waals surface area (Å²) in [4.78, 5) is 8.96. The molecule has 0 amide bonds. The summed E-state index contributed by atoms with van der Waals surface area (Å²) in [6.07, 6.45) is 2.77. The quantitative estimate of drug-likeness (QED) is 0.796. The summed E-state index contributed by atoms with van der Waals surface area (Å²) in [6, 6.07) is 4.07. The molecule has 110 valence electrons. The van der Waals surface area contributed by atoms with Crippen molar-refractivity contribution >= 4 is 17.1 Å². The van der Waals surface area contributed by atoms with Crippen molar-refractivity contribution in [3.05, 3.63) is 35.3 Å². The van der Waals surface area contributed by atoms with E-state index in [1.807, 2.05) is 28.4 Å². The minimum Gasteiger partial charge on any atom is -0.369 e. The van der Waals surface area contributed by atoms with E-state index in [1.54, 1.807) is 0 Å². The fraction of sp³-hybridized carbons (Fsp3) is 0.400. The Kier molecular flexibility index (Phi) is 3.37. The smallest absolute Gasteiger partial charge is 0.202 e. The molecule has 3 aromatic heterocycles. The lowest BCUT2D eigenvalue weighted by Crippen LogP contribution is -2.11. The number of nitrogens with zero attached hydrogens (tertiary/aromatic N) is 5. The number of hydrogen-bond donors (Lipinski definition) is 1. The molecule has 0 spiro atoms. The van der Waals surface area contributed by atoms with Crippen molar-refractivity contribution in [2.75, 3.05) is 5.73 Å². The number of aromatic nitrogens is 5. The fourth-order valence-corrected chi connectivity index (χ4v) is 2.70. The van der Waals surface area contributed by atoms with Crippen LogP contribution in [0.1, 0.15) is 30.8 Å². The second-order valence-electron chi connectivity index (χ2n) is 5.09. The van der Waals surface area contributed by atoms with Crippen LogP contribution in [0.15, 0.2) is 18.3 Å². The molecule has 3 heterocycles. The van der Waals surface area contributed by atoms with Crippen molar-refractivity contribution < 1.29 is 0 Å². The zero-order valence-corrected chi connectivity index (χ0v) is 12.7. The van der Waals surface area contributed by atoms with Gasteiger partial charge in [-0.15, -0.1) is 0 Å². The molecule has 0 aliphatic heterocycles. The van der Waals surface area contributed by atoms with Gasteiger partial charge in [0.2, 0.25) is 5.95 Å². The first-order valence-electron chi connectivity index (χ1n) is 7.27. The first-order valence-corrected chi connectivity index (χ1v) is 7.27. The second-order valence-corrected chi connectivity index (χ2v) is 5.09. The van der Waals surface area contributed by atoms with Crippen molar-refractivity contribution in [2.24, 2.45) is 0 Å².